The Morgan fingerprint density at radius 1 is 1.52 bits per heavy atom. The monoisotopic (exact) mass is 371 g/mol. The maximum Gasteiger partial charge on any atom is 0.416 e. The van der Waals surface area contributed by atoms with Gasteiger partial charge in [-0.15, -0.1) is 0 Å². The molecular formula is C15H18BrNO3S. The van der Waals surface area contributed by atoms with E-state index in [1.807, 2.05) is 38.1 Å². The van der Waals surface area contributed by atoms with Crippen LogP contribution in [0.4, 0.5) is 4.79 Å². The number of amides is 2. The summed E-state index contributed by atoms with van der Waals surface area (Å²) in [6.07, 6.45) is -0.383. The Labute approximate surface area is 138 Å². The minimum atomic E-state index is -0.548. The van der Waals surface area contributed by atoms with Crippen molar-refractivity contribution in [3.8, 4) is 0 Å². The summed E-state index contributed by atoms with van der Waals surface area (Å²) >= 11 is 7.89. The molecule has 1 heterocycles. The van der Waals surface area contributed by atoms with Crippen LogP contribution in [0.1, 0.15) is 31.1 Å². The molecule has 2 atom stereocenters. The van der Waals surface area contributed by atoms with Crippen molar-refractivity contribution < 1.29 is 14.3 Å². The molecule has 2 rings (SSSR count). The van der Waals surface area contributed by atoms with Gasteiger partial charge in [-0.05, 0) is 23.6 Å². The molecule has 4 nitrogen and oxygen atoms in total. The SMILES string of the molecule is CC(C)[C@H]1COC(=O)N1C(=O)C[C@H](S)c1cccc(Br)c1. The van der Waals surface area contributed by atoms with E-state index >= 15 is 0 Å². The lowest BCUT2D eigenvalue weighted by Crippen LogP contribution is -2.42. The van der Waals surface area contributed by atoms with Crippen LogP contribution in [0, 0.1) is 5.92 Å². The predicted octanol–water partition coefficient (Wildman–Crippen LogP) is 3.81. The summed E-state index contributed by atoms with van der Waals surface area (Å²) in [5.41, 5.74) is 0.940. The number of thiol groups is 1. The van der Waals surface area contributed by atoms with Crippen molar-refractivity contribution in [2.24, 2.45) is 5.92 Å². The summed E-state index contributed by atoms with van der Waals surface area (Å²) in [7, 11) is 0. The molecule has 0 N–H and O–H groups in total. The van der Waals surface area contributed by atoms with Crippen molar-refractivity contribution in [2.45, 2.75) is 31.6 Å². The highest BCUT2D eigenvalue weighted by molar-refractivity contribution is 9.10. The molecule has 1 saturated heterocycles. The van der Waals surface area contributed by atoms with Gasteiger partial charge in [-0.3, -0.25) is 4.79 Å². The molecule has 0 spiro atoms. The first kappa shape index (κ1) is 16.4. The number of ether oxygens (including phenoxy) is 1. The molecule has 0 saturated carbocycles. The fourth-order valence-electron chi connectivity index (χ4n) is 2.31. The number of rotatable bonds is 4. The lowest BCUT2D eigenvalue weighted by atomic mass is 10.0. The first-order valence-electron chi connectivity index (χ1n) is 6.82. The average Bonchev–Trinajstić information content (AvgIpc) is 2.80. The lowest BCUT2D eigenvalue weighted by molar-refractivity contribution is -0.129. The number of hydrogen-bond donors (Lipinski definition) is 1. The van der Waals surface area contributed by atoms with Crippen LogP contribution in [0.2, 0.25) is 0 Å². The summed E-state index contributed by atoms with van der Waals surface area (Å²) in [4.78, 5) is 25.4. The maximum absolute atomic E-state index is 12.4. The first-order valence-corrected chi connectivity index (χ1v) is 8.13. The Kier molecular flexibility index (Phi) is 5.32. The molecule has 0 radical (unpaired) electrons. The van der Waals surface area contributed by atoms with E-state index in [1.54, 1.807) is 0 Å². The quantitative estimate of drug-likeness (QED) is 0.818. The third-order valence-corrected chi connectivity index (χ3v) is 4.52. The summed E-state index contributed by atoms with van der Waals surface area (Å²) < 4.78 is 5.94. The predicted molar refractivity (Wildman–Crippen MR) is 87.3 cm³/mol. The van der Waals surface area contributed by atoms with Crippen LogP contribution >= 0.6 is 28.6 Å². The van der Waals surface area contributed by atoms with Gasteiger partial charge >= 0.3 is 6.09 Å². The van der Waals surface area contributed by atoms with Crippen molar-refractivity contribution in [1.82, 2.24) is 4.90 Å². The Balaban J connectivity index is 2.08. The van der Waals surface area contributed by atoms with E-state index in [9.17, 15) is 9.59 Å². The Morgan fingerprint density at radius 2 is 2.24 bits per heavy atom. The number of halogens is 1. The van der Waals surface area contributed by atoms with E-state index in [2.05, 4.69) is 28.6 Å². The standard InChI is InChI=1S/C15H18BrNO3S/c1-9(2)12-8-20-15(19)17(12)14(18)7-13(21)10-4-3-5-11(16)6-10/h3-6,9,12-13,21H,7-8H2,1-2H3/t12-,13+/m1/s1. The van der Waals surface area contributed by atoms with Crippen LogP contribution in [-0.2, 0) is 9.53 Å². The smallest absolute Gasteiger partial charge is 0.416 e. The Bertz CT molecular complexity index is 549. The number of carbonyl (C=O) groups is 2. The topological polar surface area (TPSA) is 46.6 Å². The average molecular weight is 372 g/mol. The molecule has 21 heavy (non-hydrogen) atoms. The number of cyclic esters (lactones) is 1. The van der Waals surface area contributed by atoms with E-state index < -0.39 is 6.09 Å². The van der Waals surface area contributed by atoms with E-state index in [4.69, 9.17) is 4.74 Å². The molecule has 1 aliphatic rings. The maximum atomic E-state index is 12.4. The van der Waals surface area contributed by atoms with Crippen molar-refractivity contribution in [3.63, 3.8) is 0 Å². The second kappa shape index (κ2) is 6.83. The minimum absolute atomic E-state index is 0.165. The number of nitrogens with zero attached hydrogens (tertiary/aromatic N) is 1. The molecule has 6 heteroatoms. The normalized spacial score (nSPS) is 19.8. The van der Waals surface area contributed by atoms with Gasteiger partial charge in [0.05, 0.1) is 6.04 Å². The van der Waals surface area contributed by atoms with Gasteiger partial charge in [-0.2, -0.15) is 12.6 Å². The number of hydrogen-bond acceptors (Lipinski definition) is 4. The van der Waals surface area contributed by atoms with E-state index in [0.717, 1.165) is 10.0 Å². The van der Waals surface area contributed by atoms with Crippen molar-refractivity contribution >= 4 is 40.6 Å². The zero-order valence-corrected chi connectivity index (χ0v) is 14.4. The van der Waals surface area contributed by atoms with Gasteiger partial charge in [-0.25, -0.2) is 9.69 Å². The fourth-order valence-corrected chi connectivity index (χ4v) is 3.04. The highest BCUT2D eigenvalue weighted by Gasteiger charge is 2.39. The minimum Gasteiger partial charge on any atom is -0.447 e. The van der Waals surface area contributed by atoms with Crippen LogP contribution in [0.25, 0.3) is 0 Å². The molecule has 0 bridgehead atoms. The zero-order chi connectivity index (χ0) is 15.6. The Morgan fingerprint density at radius 3 is 2.86 bits per heavy atom. The molecular weight excluding hydrogens is 354 g/mol. The largest absolute Gasteiger partial charge is 0.447 e. The van der Waals surface area contributed by atoms with Gasteiger partial charge in [-0.1, -0.05) is 41.9 Å². The molecule has 1 aromatic carbocycles. The first-order chi connectivity index (χ1) is 9.90. The van der Waals surface area contributed by atoms with Gasteiger partial charge in [0.2, 0.25) is 5.91 Å². The molecule has 0 unspecified atom stereocenters. The number of benzene rings is 1. The van der Waals surface area contributed by atoms with Gasteiger partial charge in [0.15, 0.2) is 0 Å². The highest BCUT2D eigenvalue weighted by Crippen LogP contribution is 2.29. The molecule has 0 aromatic heterocycles. The van der Waals surface area contributed by atoms with Gasteiger partial charge in [0, 0.05) is 16.1 Å². The van der Waals surface area contributed by atoms with Crippen LogP contribution in [-0.4, -0.2) is 29.5 Å². The molecule has 2 amide bonds. The van der Waals surface area contributed by atoms with Crippen LogP contribution in [0.15, 0.2) is 28.7 Å². The number of carbonyl (C=O) groups excluding carboxylic acids is 2. The van der Waals surface area contributed by atoms with Crippen molar-refractivity contribution in [2.75, 3.05) is 6.61 Å². The molecule has 114 valence electrons. The molecule has 1 aromatic rings. The third kappa shape index (κ3) is 3.80. The van der Waals surface area contributed by atoms with Gasteiger partial charge < -0.3 is 4.74 Å². The van der Waals surface area contributed by atoms with Crippen LogP contribution in [0.5, 0.6) is 0 Å². The van der Waals surface area contributed by atoms with E-state index in [1.165, 1.54) is 4.90 Å². The molecule has 1 fully saturated rings. The van der Waals surface area contributed by atoms with Gasteiger partial charge in [0.1, 0.15) is 6.61 Å². The summed E-state index contributed by atoms with van der Waals surface area (Å²) in [6, 6.07) is 7.46. The van der Waals surface area contributed by atoms with Crippen molar-refractivity contribution in [3.05, 3.63) is 34.3 Å². The van der Waals surface area contributed by atoms with Crippen molar-refractivity contribution in [1.29, 1.82) is 0 Å². The fraction of sp³-hybridized carbons (Fsp3) is 0.467. The summed E-state index contributed by atoms with van der Waals surface area (Å²) in [5, 5.41) is -0.254. The summed E-state index contributed by atoms with van der Waals surface area (Å²) in [5.74, 6) is -0.0687. The lowest BCUT2D eigenvalue weighted by Gasteiger charge is -2.23. The van der Waals surface area contributed by atoms with Crippen LogP contribution < -0.4 is 0 Å². The molecule has 1 aliphatic heterocycles. The zero-order valence-electron chi connectivity index (χ0n) is 12.0. The second-order valence-electron chi connectivity index (χ2n) is 5.43. The van der Waals surface area contributed by atoms with Crippen LogP contribution in [0.3, 0.4) is 0 Å². The Hall–Kier alpha value is -1.01. The van der Waals surface area contributed by atoms with E-state index in [-0.39, 0.29) is 36.1 Å². The summed E-state index contributed by atoms with van der Waals surface area (Å²) in [6.45, 7) is 4.22. The molecule has 0 aliphatic carbocycles. The van der Waals surface area contributed by atoms with E-state index in [0.29, 0.717) is 0 Å². The number of imide groups is 1. The second-order valence-corrected chi connectivity index (χ2v) is 6.97. The third-order valence-electron chi connectivity index (χ3n) is 3.55. The van der Waals surface area contributed by atoms with Gasteiger partial charge in [0.25, 0.3) is 0 Å². The highest BCUT2D eigenvalue weighted by atomic mass is 79.9.